The number of thioether (sulfide) groups is 1. The lowest BCUT2D eigenvalue weighted by molar-refractivity contribution is -0.119. The summed E-state index contributed by atoms with van der Waals surface area (Å²) < 4.78 is 2.18. The van der Waals surface area contributed by atoms with Gasteiger partial charge >= 0.3 is 6.03 Å². The second-order valence-corrected chi connectivity index (χ2v) is 9.30. The van der Waals surface area contributed by atoms with E-state index >= 15 is 0 Å². The Morgan fingerprint density at radius 3 is 2.58 bits per heavy atom. The minimum atomic E-state index is -0.660. The number of aromatic nitrogens is 4. The zero-order valence-corrected chi connectivity index (χ0v) is 19.6. The normalized spacial score (nSPS) is 19.0. The summed E-state index contributed by atoms with van der Waals surface area (Å²) in [6.45, 7) is 2.26. The second kappa shape index (κ2) is 10.6. The number of nitrogens with one attached hydrogen (secondary N) is 2. The van der Waals surface area contributed by atoms with Crippen molar-refractivity contribution in [2.75, 3.05) is 7.05 Å². The zero-order chi connectivity index (χ0) is 23.2. The molecule has 3 atom stereocenters. The van der Waals surface area contributed by atoms with Gasteiger partial charge in [-0.2, -0.15) is 0 Å². The lowest BCUT2D eigenvalue weighted by Gasteiger charge is -2.32. The Hall–Kier alpha value is -3.20. The van der Waals surface area contributed by atoms with Gasteiger partial charge in [0.1, 0.15) is 5.25 Å². The largest absolute Gasteiger partial charge is 0.341 e. The van der Waals surface area contributed by atoms with E-state index in [0.717, 1.165) is 36.2 Å². The van der Waals surface area contributed by atoms with Crippen LogP contribution in [0.25, 0.3) is 11.4 Å². The number of nitrogens with zero attached hydrogens (tertiary/aromatic N) is 4. The maximum Gasteiger partial charge on any atom is 0.321 e. The molecule has 1 aliphatic carbocycles. The predicted molar refractivity (Wildman–Crippen MR) is 128 cm³/mol. The molecular formula is C24H28N6O2S. The molecule has 0 spiro atoms. The number of hydrogen-bond donors (Lipinski definition) is 2. The van der Waals surface area contributed by atoms with Crippen molar-refractivity contribution >= 4 is 23.7 Å². The molecule has 4 rings (SSSR count). The highest BCUT2D eigenvalue weighted by atomic mass is 32.2. The van der Waals surface area contributed by atoms with E-state index in [1.165, 1.54) is 25.2 Å². The van der Waals surface area contributed by atoms with E-state index in [1.54, 1.807) is 12.4 Å². The van der Waals surface area contributed by atoms with Crippen LogP contribution in [0.1, 0.15) is 49.5 Å². The van der Waals surface area contributed by atoms with E-state index < -0.39 is 17.2 Å². The van der Waals surface area contributed by atoms with Gasteiger partial charge in [-0.05, 0) is 36.5 Å². The van der Waals surface area contributed by atoms with Crippen LogP contribution in [-0.2, 0) is 4.79 Å². The summed E-state index contributed by atoms with van der Waals surface area (Å²) in [5, 5.41) is 13.9. The highest BCUT2D eigenvalue weighted by molar-refractivity contribution is 8.00. The van der Waals surface area contributed by atoms with Crippen LogP contribution in [-0.4, -0.2) is 38.7 Å². The summed E-state index contributed by atoms with van der Waals surface area (Å²) in [5.41, 5.74) is 1.68. The summed E-state index contributed by atoms with van der Waals surface area (Å²) in [7, 11) is 1.48. The maximum atomic E-state index is 13.1. The van der Waals surface area contributed by atoms with Gasteiger partial charge in [-0.25, -0.2) is 4.79 Å². The fourth-order valence-corrected chi connectivity index (χ4v) is 5.37. The molecule has 9 heteroatoms. The van der Waals surface area contributed by atoms with Crippen molar-refractivity contribution in [1.29, 1.82) is 0 Å². The summed E-state index contributed by atoms with van der Waals surface area (Å²) in [5.74, 6) is 0.807. The molecule has 2 heterocycles. The minimum Gasteiger partial charge on any atom is -0.341 e. The molecular weight excluding hydrogens is 436 g/mol. The summed E-state index contributed by atoms with van der Waals surface area (Å²) >= 11 is 1.32. The van der Waals surface area contributed by atoms with Crippen molar-refractivity contribution in [3.63, 3.8) is 0 Å². The molecule has 3 amide bonds. The number of carbonyl (C=O) groups is 2. The molecule has 2 aromatic heterocycles. The Balaban J connectivity index is 1.75. The third-order valence-electron chi connectivity index (χ3n) is 6.01. The molecule has 33 heavy (non-hydrogen) atoms. The molecule has 3 aromatic rings. The Morgan fingerprint density at radius 1 is 1.09 bits per heavy atom. The first-order chi connectivity index (χ1) is 16.1. The van der Waals surface area contributed by atoms with Crippen LogP contribution in [0, 0.1) is 5.92 Å². The average Bonchev–Trinajstić information content (AvgIpc) is 3.27. The third kappa shape index (κ3) is 5.24. The molecule has 0 saturated heterocycles. The number of carbonyl (C=O) groups excluding carboxylic acids is 2. The Labute approximate surface area is 197 Å². The van der Waals surface area contributed by atoms with Crippen molar-refractivity contribution in [3.8, 4) is 11.4 Å². The number of hydrogen-bond acceptors (Lipinski definition) is 6. The van der Waals surface area contributed by atoms with Crippen LogP contribution >= 0.6 is 11.8 Å². The van der Waals surface area contributed by atoms with Crippen molar-refractivity contribution in [2.45, 2.75) is 49.1 Å². The van der Waals surface area contributed by atoms with Crippen molar-refractivity contribution in [3.05, 3.63) is 60.4 Å². The van der Waals surface area contributed by atoms with Crippen molar-refractivity contribution in [1.82, 2.24) is 30.4 Å². The third-order valence-corrected chi connectivity index (χ3v) is 7.22. The van der Waals surface area contributed by atoms with Gasteiger partial charge < -0.3 is 5.32 Å². The van der Waals surface area contributed by atoms with Crippen LogP contribution in [0.2, 0.25) is 0 Å². The van der Waals surface area contributed by atoms with Crippen molar-refractivity contribution < 1.29 is 9.59 Å². The van der Waals surface area contributed by atoms with Gasteiger partial charge in [0.05, 0.1) is 0 Å². The quantitative estimate of drug-likeness (QED) is 0.525. The highest BCUT2D eigenvalue weighted by Gasteiger charge is 2.32. The average molecular weight is 465 g/mol. The van der Waals surface area contributed by atoms with E-state index in [1.807, 2.05) is 42.5 Å². The fraction of sp³-hybridized carbons (Fsp3) is 0.375. The molecule has 0 radical (unpaired) electrons. The van der Waals surface area contributed by atoms with Crippen LogP contribution in [0.15, 0.2) is 60.0 Å². The second-order valence-electron chi connectivity index (χ2n) is 8.22. The van der Waals surface area contributed by atoms with Gasteiger partial charge in [0.2, 0.25) is 5.91 Å². The Bertz CT molecular complexity index is 1090. The smallest absolute Gasteiger partial charge is 0.321 e. The summed E-state index contributed by atoms with van der Waals surface area (Å²) in [4.78, 5) is 29.2. The lowest BCUT2D eigenvalue weighted by Crippen LogP contribution is -2.39. The highest BCUT2D eigenvalue weighted by Crippen LogP contribution is 2.42. The molecule has 2 N–H and O–H groups in total. The van der Waals surface area contributed by atoms with E-state index in [9.17, 15) is 9.59 Å². The number of imide groups is 1. The molecule has 1 fully saturated rings. The van der Waals surface area contributed by atoms with Gasteiger partial charge in [0.15, 0.2) is 11.0 Å². The first kappa shape index (κ1) is 23.0. The van der Waals surface area contributed by atoms with E-state index in [4.69, 9.17) is 0 Å². The van der Waals surface area contributed by atoms with E-state index in [0.29, 0.717) is 11.1 Å². The Kier molecular flexibility index (Phi) is 7.39. The van der Waals surface area contributed by atoms with Gasteiger partial charge in [-0.1, -0.05) is 61.9 Å². The van der Waals surface area contributed by atoms with Gasteiger partial charge in [0, 0.05) is 31.0 Å². The molecule has 0 bridgehead atoms. The molecule has 1 saturated carbocycles. The molecule has 1 aliphatic rings. The molecule has 8 nitrogen and oxygen atoms in total. The topological polar surface area (TPSA) is 102 Å². The molecule has 1 aromatic carbocycles. The van der Waals surface area contributed by atoms with Crippen LogP contribution < -0.4 is 10.6 Å². The predicted octanol–water partition coefficient (Wildman–Crippen LogP) is 4.38. The number of pyridine rings is 1. The first-order valence-corrected chi connectivity index (χ1v) is 12.1. The minimum absolute atomic E-state index is 0.227. The summed E-state index contributed by atoms with van der Waals surface area (Å²) in [6, 6.07) is 13.0. The monoisotopic (exact) mass is 464 g/mol. The van der Waals surface area contributed by atoms with Crippen LogP contribution in [0.5, 0.6) is 0 Å². The standard InChI is InChI=1S/C24H28N6O2S/c1-16-9-6-7-13-19(16)30-21(18-12-8-14-26-15-18)28-29-24(30)33-20(17-10-4-3-5-11-17)22(31)27-23(32)25-2/h3-5,8,10-12,14-16,19-20H,6-7,9,13H2,1-2H3,(H2,25,27,31,32)/t16-,19+,20+/m0/s1. The van der Waals surface area contributed by atoms with E-state index in [2.05, 4.69) is 37.3 Å². The van der Waals surface area contributed by atoms with Gasteiger partial charge in [-0.3, -0.25) is 19.7 Å². The van der Waals surface area contributed by atoms with Crippen LogP contribution in [0.3, 0.4) is 0 Å². The van der Waals surface area contributed by atoms with Crippen molar-refractivity contribution in [2.24, 2.45) is 5.92 Å². The number of rotatable bonds is 6. The van der Waals surface area contributed by atoms with Gasteiger partial charge in [-0.15, -0.1) is 10.2 Å². The van der Waals surface area contributed by atoms with E-state index in [-0.39, 0.29) is 6.04 Å². The number of urea groups is 1. The first-order valence-electron chi connectivity index (χ1n) is 11.2. The molecule has 0 aliphatic heterocycles. The molecule has 172 valence electrons. The fourth-order valence-electron chi connectivity index (χ4n) is 4.27. The maximum absolute atomic E-state index is 13.1. The number of amides is 3. The SMILES string of the molecule is CNC(=O)NC(=O)[C@H](Sc1nnc(-c2cccnc2)n1[C@@H]1CCCC[C@@H]1C)c1ccccc1. The van der Waals surface area contributed by atoms with Crippen LogP contribution in [0.4, 0.5) is 4.79 Å². The Morgan fingerprint density at radius 2 is 1.88 bits per heavy atom. The molecule has 0 unspecified atom stereocenters. The zero-order valence-electron chi connectivity index (χ0n) is 18.8. The summed E-state index contributed by atoms with van der Waals surface area (Å²) in [6.07, 6.45) is 8.04. The lowest BCUT2D eigenvalue weighted by atomic mass is 9.85. The number of benzene rings is 1. The van der Waals surface area contributed by atoms with Gasteiger partial charge in [0.25, 0.3) is 0 Å².